The number of carbonyl (C=O) groups is 9. The highest BCUT2D eigenvalue weighted by atomic mass is 32.1. The largest absolute Gasteiger partial charge is 0.481 e. The third-order valence-electron chi connectivity index (χ3n) is 9.53. The number of aliphatic imine (C=N–C) groups is 1. The Hall–Kier alpha value is -8.19. The molecule has 70 heavy (non-hydrogen) atoms. The summed E-state index contributed by atoms with van der Waals surface area (Å²) >= 11 is 3.80. The van der Waals surface area contributed by atoms with Gasteiger partial charge in [0, 0.05) is 30.1 Å². The molecule has 0 fully saturated rings. The van der Waals surface area contributed by atoms with Crippen LogP contribution >= 0.6 is 12.6 Å². The molecule has 19 N–H and O–H groups in total. The molecule has 1 aromatic carbocycles. The number of benzene rings is 1. The summed E-state index contributed by atoms with van der Waals surface area (Å²) in [6.45, 7) is 0.0992. The Morgan fingerprint density at radius 2 is 1.27 bits per heavy atom. The highest BCUT2D eigenvalue weighted by molar-refractivity contribution is 7.80. The zero-order chi connectivity index (χ0) is 52.1. The van der Waals surface area contributed by atoms with E-state index in [1.807, 2.05) is 10.6 Å². The zero-order valence-electron chi connectivity index (χ0n) is 36.9. The lowest BCUT2D eigenvalue weighted by Gasteiger charge is -2.26. The van der Waals surface area contributed by atoms with Crippen molar-refractivity contribution in [2.75, 3.05) is 29.9 Å². The van der Waals surface area contributed by atoms with E-state index < -0.39 is 120 Å². The van der Waals surface area contributed by atoms with E-state index >= 15 is 0 Å². The maximum absolute atomic E-state index is 13.6. The van der Waals surface area contributed by atoms with Crippen molar-refractivity contribution in [3.63, 3.8) is 0 Å². The first kappa shape index (κ1) is 56.1. The zero-order valence-corrected chi connectivity index (χ0v) is 37.8. The van der Waals surface area contributed by atoms with E-state index in [4.69, 9.17) is 17.2 Å². The highest BCUT2D eigenvalue weighted by Gasteiger charge is 2.34. The molecule has 2 heterocycles. The molecule has 6 atom stereocenters. The number of carboxylic acid groups (broad SMARTS) is 4. The molecule has 3 aromatic rings. The number of hydrogen-bond donors (Lipinski definition) is 17. The van der Waals surface area contributed by atoms with Gasteiger partial charge in [0.05, 0.1) is 43.7 Å². The van der Waals surface area contributed by atoms with Crippen molar-refractivity contribution < 1.29 is 68.7 Å². The number of nitrogens with one attached hydrogen (secondary N) is 8. The van der Waals surface area contributed by atoms with Crippen LogP contribution in [0.5, 0.6) is 0 Å². The van der Waals surface area contributed by atoms with Crippen LogP contribution in [0.2, 0.25) is 0 Å². The summed E-state index contributed by atoms with van der Waals surface area (Å²) in [5, 5.41) is 65.0. The van der Waals surface area contributed by atoms with Crippen LogP contribution in [0.4, 0.5) is 11.6 Å². The number of amides is 5. The smallest absolute Gasteiger partial charge is 0.327 e. The number of hydrogen-bond acceptors (Lipinski definition) is 19. The molecule has 6 unspecified atom stereocenters. The number of aromatic amines is 1. The normalized spacial score (nSPS) is 13.5. The first-order valence-electron chi connectivity index (χ1n) is 20.9. The molecular weight excluding hydrogens is 951 g/mol. The van der Waals surface area contributed by atoms with E-state index in [9.17, 15) is 73.5 Å². The third-order valence-corrected chi connectivity index (χ3v) is 9.90. The van der Waals surface area contributed by atoms with Crippen LogP contribution in [0.25, 0.3) is 11.2 Å². The van der Waals surface area contributed by atoms with Crippen molar-refractivity contribution in [3.8, 4) is 0 Å². The van der Waals surface area contributed by atoms with Crippen molar-refractivity contribution in [2.24, 2.45) is 16.5 Å². The minimum absolute atomic E-state index is 0.0114. The number of guanidine groups is 1. The molecule has 0 saturated carbocycles. The number of rotatable bonds is 30. The number of nitrogens with zero attached hydrogens (tertiary/aromatic N) is 4. The number of anilines is 2. The van der Waals surface area contributed by atoms with E-state index in [1.165, 1.54) is 18.3 Å². The summed E-state index contributed by atoms with van der Waals surface area (Å²) < 4.78 is 0. The highest BCUT2D eigenvalue weighted by Crippen LogP contribution is 2.13. The number of aliphatic carboxylic acids is 4. The van der Waals surface area contributed by atoms with Gasteiger partial charge in [0.25, 0.3) is 11.5 Å². The number of aliphatic hydroxyl groups excluding tert-OH is 1. The molecule has 0 spiro atoms. The second-order valence-electron chi connectivity index (χ2n) is 15.1. The van der Waals surface area contributed by atoms with Crippen molar-refractivity contribution in [2.45, 2.75) is 87.9 Å². The second-order valence-corrected chi connectivity index (χ2v) is 15.4. The first-order valence-corrected chi connectivity index (χ1v) is 21.5. The first-order chi connectivity index (χ1) is 33.1. The Morgan fingerprint density at radius 3 is 1.83 bits per heavy atom. The summed E-state index contributed by atoms with van der Waals surface area (Å²) in [5.41, 5.74) is 17.1. The summed E-state index contributed by atoms with van der Waals surface area (Å²) in [6.07, 6.45) is -3.63. The van der Waals surface area contributed by atoms with Gasteiger partial charge in [0.2, 0.25) is 29.6 Å². The van der Waals surface area contributed by atoms with Crippen LogP contribution in [-0.2, 0) is 44.9 Å². The molecule has 30 nitrogen and oxygen atoms in total. The van der Waals surface area contributed by atoms with Crippen molar-refractivity contribution in [1.82, 2.24) is 51.8 Å². The fourth-order valence-corrected chi connectivity index (χ4v) is 6.37. The lowest BCUT2D eigenvalue weighted by atomic mass is 10.1. The Bertz CT molecular complexity index is 2470. The third kappa shape index (κ3) is 19.2. The van der Waals surface area contributed by atoms with Gasteiger partial charge in [-0.2, -0.15) is 17.6 Å². The average molecular weight is 1000 g/mol. The number of fused-ring (bicyclic) bond motifs is 1. The molecule has 31 heteroatoms. The van der Waals surface area contributed by atoms with Gasteiger partial charge in [0.15, 0.2) is 17.1 Å². The summed E-state index contributed by atoms with van der Waals surface area (Å²) in [6, 6.07) is -2.66. The van der Waals surface area contributed by atoms with Crippen LogP contribution in [-0.4, -0.2) is 160 Å². The van der Waals surface area contributed by atoms with E-state index in [1.54, 1.807) is 12.1 Å². The van der Waals surface area contributed by atoms with Gasteiger partial charge in [-0.15, -0.1) is 0 Å². The minimum Gasteiger partial charge on any atom is -0.481 e. The molecule has 2 aromatic heterocycles. The maximum atomic E-state index is 13.6. The van der Waals surface area contributed by atoms with Crippen molar-refractivity contribution in [1.29, 1.82) is 0 Å². The standard InChI is InChI=1S/C39H53N15O15S/c40-38(41)44-10-1-3-20(32(63)50-22(12-27(58)59)34(65)51-23(13-28(60)61)35(66)52-24(16-70)37(68)69)49-33(64)21(11-26(56)57)48-25(55)4-2-9-43-31(62)17-5-7-18(8-6-17)45-14-19-15-46-30-29(47-19)36(67)54-39(42)53-30/h5-8,15,20-25,45,48,55,70H,1-4,9-14,16H2,(H,43,62)(H,49,64)(H,50,63)(H,51,65)(H,52,66)(H,56,57)(H,58,59)(H,60,61)(H,68,69)(H4,40,41,44)(H3,42,46,53,54,67). The number of carbonyl (C=O) groups excluding carboxylic acids is 5. The molecule has 0 aliphatic carbocycles. The predicted octanol–water partition coefficient (Wildman–Crippen LogP) is -4.87. The lowest BCUT2D eigenvalue weighted by molar-refractivity contribution is -0.144. The van der Waals surface area contributed by atoms with Crippen molar-refractivity contribution in [3.05, 3.63) is 52.1 Å². The predicted molar refractivity (Wildman–Crippen MR) is 247 cm³/mol. The van der Waals surface area contributed by atoms with Gasteiger partial charge in [-0.25, -0.2) is 14.8 Å². The monoisotopic (exact) mass is 1000 g/mol. The fourth-order valence-electron chi connectivity index (χ4n) is 6.12. The van der Waals surface area contributed by atoms with Crippen LogP contribution in [0, 0.1) is 0 Å². The van der Waals surface area contributed by atoms with Crippen LogP contribution < -0.4 is 60.0 Å². The number of aromatic nitrogens is 4. The molecule has 0 aliphatic rings. The van der Waals surface area contributed by atoms with Crippen LogP contribution in [0.1, 0.15) is 61.0 Å². The van der Waals surface area contributed by atoms with E-state index in [-0.39, 0.29) is 74.0 Å². The number of nitrogen functional groups attached to an aromatic ring is 1. The SMILES string of the molecule is NC(N)=NCCCC(NC(=O)C(CC(=O)O)NC(O)CCCNC(=O)c1ccc(NCc2cnc3nc(N)[nH]c(=O)c3n2)cc1)C(=O)NC(CC(=O)O)C(=O)NC(CC(=O)O)C(=O)NC(CS)C(=O)O. The van der Waals surface area contributed by atoms with E-state index in [0.717, 1.165) is 0 Å². The molecule has 0 aliphatic heterocycles. The Morgan fingerprint density at radius 1 is 0.729 bits per heavy atom. The van der Waals surface area contributed by atoms with Crippen molar-refractivity contribution >= 4 is 94.8 Å². The molecule has 5 amide bonds. The number of H-pyrrole nitrogens is 1. The quantitative estimate of drug-likeness (QED) is 0.00979. The number of thiol groups is 1. The fraction of sp³-hybridized carbons (Fsp3) is 0.436. The Kier molecular flexibility index (Phi) is 22.1. The minimum atomic E-state index is -2.03. The van der Waals surface area contributed by atoms with Gasteiger partial charge in [0.1, 0.15) is 30.4 Å². The van der Waals surface area contributed by atoms with Gasteiger partial charge in [-0.05, 0) is 49.9 Å². The number of nitrogens with two attached hydrogens (primary N) is 3. The molecule has 3 rings (SSSR count). The Labute approximate surface area is 400 Å². The average Bonchev–Trinajstić information content (AvgIpc) is 3.28. The van der Waals surface area contributed by atoms with E-state index in [0.29, 0.717) is 11.4 Å². The number of aliphatic hydroxyl groups is 1. The van der Waals surface area contributed by atoms with Crippen LogP contribution in [0.3, 0.4) is 0 Å². The van der Waals surface area contributed by atoms with Gasteiger partial charge >= 0.3 is 23.9 Å². The topological polar surface area (TPSA) is 501 Å². The van der Waals surface area contributed by atoms with Gasteiger partial charge in [-0.1, -0.05) is 0 Å². The second kappa shape index (κ2) is 27.6. The van der Waals surface area contributed by atoms with E-state index in [2.05, 4.69) is 64.1 Å². The molecule has 380 valence electrons. The van der Waals surface area contributed by atoms with Gasteiger partial charge < -0.3 is 74.6 Å². The Balaban J connectivity index is 1.63. The molecule has 0 bridgehead atoms. The molecular formula is C39H53N15O15S. The number of carboxylic acids is 4. The van der Waals surface area contributed by atoms with Crippen LogP contribution in [0.15, 0.2) is 40.2 Å². The molecule has 0 radical (unpaired) electrons. The van der Waals surface area contributed by atoms with Gasteiger partial charge in [-0.3, -0.25) is 58.4 Å². The molecule has 0 saturated heterocycles. The summed E-state index contributed by atoms with van der Waals surface area (Å²) in [7, 11) is 0. The summed E-state index contributed by atoms with van der Waals surface area (Å²) in [5.74, 6) is -12.7. The maximum Gasteiger partial charge on any atom is 0.327 e. The lowest BCUT2D eigenvalue weighted by Crippen LogP contribution is -2.59. The summed E-state index contributed by atoms with van der Waals surface area (Å²) in [4.78, 5) is 143.